The van der Waals surface area contributed by atoms with E-state index >= 15 is 0 Å². The molecule has 3 atom stereocenters. The summed E-state index contributed by atoms with van der Waals surface area (Å²) in [5.74, 6) is 0.606. The number of hydrogen-bond acceptors (Lipinski definition) is 6. The van der Waals surface area contributed by atoms with Gasteiger partial charge in [0.1, 0.15) is 0 Å². The van der Waals surface area contributed by atoms with Crippen molar-refractivity contribution in [3.05, 3.63) is 66.2 Å². The summed E-state index contributed by atoms with van der Waals surface area (Å²) in [4.78, 5) is 15.0. The van der Waals surface area contributed by atoms with E-state index in [9.17, 15) is 13.2 Å². The van der Waals surface area contributed by atoms with Crippen molar-refractivity contribution < 1.29 is 17.9 Å². The van der Waals surface area contributed by atoms with Crippen LogP contribution in [0.15, 0.2) is 65.6 Å². The zero-order chi connectivity index (χ0) is 25.5. The molecule has 1 aliphatic heterocycles. The van der Waals surface area contributed by atoms with Gasteiger partial charge in [0, 0.05) is 26.7 Å². The van der Waals surface area contributed by atoms with Crippen molar-refractivity contribution in [1.29, 1.82) is 0 Å². The molecule has 36 heavy (non-hydrogen) atoms. The third-order valence-electron chi connectivity index (χ3n) is 7.55. The van der Waals surface area contributed by atoms with Gasteiger partial charge in [-0.2, -0.15) is 0 Å². The van der Waals surface area contributed by atoms with E-state index in [1.54, 1.807) is 31.3 Å². The number of nitrogens with zero attached hydrogens (tertiary/aromatic N) is 2. The highest BCUT2D eigenvalue weighted by atomic mass is 32.2. The number of hydrogen-bond donors (Lipinski definition) is 1. The predicted octanol–water partition coefficient (Wildman–Crippen LogP) is 3.69. The van der Waals surface area contributed by atoms with Crippen LogP contribution in [-0.4, -0.2) is 70.1 Å². The fourth-order valence-electron chi connectivity index (χ4n) is 5.09. The van der Waals surface area contributed by atoms with E-state index in [4.69, 9.17) is 4.74 Å². The third-order valence-corrected chi connectivity index (χ3v) is 9.39. The first-order valence-electron chi connectivity index (χ1n) is 13.0. The summed E-state index contributed by atoms with van der Waals surface area (Å²) in [5.41, 5.74) is 1.14. The third kappa shape index (κ3) is 6.94. The molecule has 1 N–H and O–H groups in total. The number of carbonyl (C=O) groups is 1. The van der Waals surface area contributed by atoms with Gasteiger partial charge in [-0.1, -0.05) is 48.5 Å². The lowest BCUT2D eigenvalue weighted by Gasteiger charge is -2.40. The second kappa shape index (κ2) is 12.3. The van der Waals surface area contributed by atoms with E-state index in [-0.39, 0.29) is 24.0 Å². The SMILES string of the molecule is COC(=O)[C@H]1CCN(CCC(CN(C)S(=O)(=O)c2ccccc2)c2ccccc2)[C@@H](NCC2CC2)C1. The van der Waals surface area contributed by atoms with Crippen molar-refractivity contribution in [3.8, 4) is 0 Å². The van der Waals surface area contributed by atoms with Gasteiger partial charge in [0.2, 0.25) is 10.0 Å². The Bertz CT molecular complexity index is 1080. The van der Waals surface area contributed by atoms with Crippen LogP contribution in [0, 0.1) is 11.8 Å². The van der Waals surface area contributed by atoms with E-state index in [0.717, 1.165) is 50.4 Å². The summed E-state index contributed by atoms with van der Waals surface area (Å²) in [6, 6.07) is 18.8. The average molecular weight is 514 g/mol. The second-order valence-electron chi connectivity index (χ2n) is 10.1. The van der Waals surface area contributed by atoms with Crippen LogP contribution in [0.3, 0.4) is 0 Å². The normalized spacial score (nSPS) is 21.9. The van der Waals surface area contributed by atoms with Gasteiger partial charge in [0.15, 0.2) is 0 Å². The Morgan fingerprint density at radius 3 is 2.39 bits per heavy atom. The summed E-state index contributed by atoms with van der Waals surface area (Å²) in [7, 11) is -0.440. The van der Waals surface area contributed by atoms with Crippen LogP contribution in [0.5, 0.6) is 0 Å². The number of rotatable bonds is 12. The van der Waals surface area contributed by atoms with Gasteiger partial charge in [0.25, 0.3) is 0 Å². The Hall–Kier alpha value is -2.26. The number of carbonyl (C=O) groups excluding carboxylic acids is 1. The summed E-state index contributed by atoms with van der Waals surface area (Å²) in [6.07, 6.45) is 5.04. The Labute approximate surface area is 215 Å². The van der Waals surface area contributed by atoms with Gasteiger partial charge in [-0.15, -0.1) is 0 Å². The minimum absolute atomic E-state index is 0.0529. The van der Waals surface area contributed by atoms with E-state index in [1.165, 1.54) is 24.3 Å². The Morgan fingerprint density at radius 1 is 1.08 bits per heavy atom. The van der Waals surface area contributed by atoms with Crippen molar-refractivity contribution in [1.82, 2.24) is 14.5 Å². The lowest BCUT2D eigenvalue weighted by molar-refractivity contribution is -0.148. The molecule has 2 fully saturated rings. The molecule has 1 heterocycles. The molecule has 2 aromatic carbocycles. The lowest BCUT2D eigenvalue weighted by atomic mass is 9.92. The summed E-state index contributed by atoms with van der Waals surface area (Å²) in [5, 5.41) is 3.70. The summed E-state index contributed by atoms with van der Waals surface area (Å²) in [6.45, 7) is 3.03. The topological polar surface area (TPSA) is 79.0 Å². The van der Waals surface area contributed by atoms with Crippen LogP contribution in [0.4, 0.5) is 0 Å². The fourth-order valence-corrected chi connectivity index (χ4v) is 6.33. The van der Waals surface area contributed by atoms with Gasteiger partial charge in [-0.3, -0.25) is 9.69 Å². The molecule has 0 aromatic heterocycles. The first-order chi connectivity index (χ1) is 17.4. The number of esters is 1. The maximum Gasteiger partial charge on any atom is 0.308 e. The van der Waals surface area contributed by atoms with Gasteiger partial charge >= 0.3 is 5.97 Å². The minimum atomic E-state index is -3.57. The molecule has 0 radical (unpaired) electrons. The molecule has 8 heteroatoms. The molecule has 1 unspecified atom stereocenters. The van der Waals surface area contributed by atoms with Crippen LogP contribution in [0.1, 0.15) is 43.6 Å². The number of ether oxygens (including phenoxy) is 1. The minimum Gasteiger partial charge on any atom is -0.469 e. The Kier molecular flexibility index (Phi) is 9.17. The van der Waals surface area contributed by atoms with Crippen LogP contribution in [0.2, 0.25) is 0 Å². The van der Waals surface area contributed by atoms with Crippen LogP contribution < -0.4 is 5.32 Å². The number of methoxy groups -OCH3 is 1. The number of piperidine rings is 1. The van der Waals surface area contributed by atoms with Gasteiger partial charge < -0.3 is 10.1 Å². The summed E-state index contributed by atoms with van der Waals surface area (Å²) >= 11 is 0. The maximum atomic E-state index is 13.2. The molecule has 7 nitrogen and oxygen atoms in total. The van der Waals surface area contributed by atoms with E-state index in [1.807, 2.05) is 24.3 Å². The molecule has 1 aliphatic carbocycles. The molecule has 196 valence electrons. The molecule has 1 saturated carbocycles. The molecule has 1 saturated heterocycles. The first kappa shape index (κ1) is 26.8. The highest BCUT2D eigenvalue weighted by Gasteiger charge is 2.34. The maximum absolute atomic E-state index is 13.2. The number of likely N-dealkylation sites (N-methyl/N-ethyl adjacent to an activating group) is 1. The van der Waals surface area contributed by atoms with Crippen molar-refractivity contribution in [2.45, 2.75) is 49.1 Å². The number of likely N-dealkylation sites (tertiary alicyclic amines) is 1. The quantitative estimate of drug-likeness (QED) is 0.436. The van der Waals surface area contributed by atoms with Crippen molar-refractivity contribution in [3.63, 3.8) is 0 Å². The lowest BCUT2D eigenvalue weighted by Crippen LogP contribution is -2.53. The van der Waals surface area contributed by atoms with E-state index in [2.05, 4.69) is 22.3 Å². The van der Waals surface area contributed by atoms with Crippen LogP contribution >= 0.6 is 0 Å². The van der Waals surface area contributed by atoms with E-state index < -0.39 is 10.0 Å². The molecular weight excluding hydrogens is 474 g/mol. The van der Waals surface area contributed by atoms with Gasteiger partial charge in [-0.05, 0) is 68.2 Å². The smallest absolute Gasteiger partial charge is 0.308 e. The van der Waals surface area contributed by atoms with Gasteiger partial charge in [0.05, 0.1) is 24.1 Å². The van der Waals surface area contributed by atoms with Crippen molar-refractivity contribution in [2.75, 3.05) is 40.3 Å². The predicted molar refractivity (Wildman–Crippen MR) is 141 cm³/mol. The standard InChI is InChI=1S/C28H39N3O4S/c1-30(36(33,34)26-11-7-4-8-12-26)21-25(23-9-5-3-6-10-23)16-18-31-17-15-24(28(32)35-2)19-27(31)29-20-22-13-14-22/h3-12,22,24-25,27,29H,13-21H2,1-2H3/t24-,25?,27+/m0/s1. The number of benzene rings is 2. The highest BCUT2D eigenvalue weighted by molar-refractivity contribution is 7.89. The average Bonchev–Trinajstić information content (AvgIpc) is 3.75. The van der Waals surface area contributed by atoms with Crippen LogP contribution in [0.25, 0.3) is 0 Å². The molecule has 2 aromatic rings. The molecule has 0 spiro atoms. The zero-order valence-electron chi connectivity index (χ0n) is 21.4. The number of sulfonamides is 1. The molecule has 2 aliphatic rings. The second-order valence-corrected chi connectivity index (χ2v) is 12.2. The zero-order valence-corrected chi connectivity index (χ0v) is 22.2. The largest absolute Gasteiger partial charge is 0.469 e. The van der Waals surface area contributed by atoms with E-state index in [0.29, 0.717) is 11.4 Å². The monoisotopic (exact) mass is 513 g/mol. The summed E-state index contributed by atoms with van der Waals surface area (Å²) < 4.78 is 32.9. The molecule has 0 bridgehead atoms. The molecular formula is C28H39N3O4S. The first-order valence-corrected chi connectivity index (χ1v) is 14.4. The Morgan fingerprint density at radius 2 is 1.75 bits per heavy atom. The molecule has 4 rings (SSSR count). The highest BCUT2D eigenvalue weighted by Crippen LogP contribution is 2.30. The van der Waals surface area contributed by atoms with Crippen molar-refractivity contribution >= 4 is 16.0 Å². The molecule has 0 amide bonds. The van der Waals surface area contributed by atoms with Gasteiger partial charge in [-0.25, -0.2) is 12.7 Å². The number of nitrogens with one attached hydrogen (secondary N) is 1. The van der Waals surface area contributed by atoms with Crippen molar-refractivity contribution in [2.24, 2.45) is 11.8 Å². The van der Waals surface area contributed by atoms with Crippen LogP contribution in [-0.2, 0) is 19.6 Å². The fraction of sp³-hybridized carbons (Fsp3) is 0.536. The Balaban J connectivity index is 1.45.